The van der Waals surface area contributed by atoms with Gasteiger partial charge in [-0.05, 0) is 24.3 Å². The summed E-state index contributed by atoms with van der Waals surface area (Å²) in [5.41, 5.74) is -0.286. The lowest BCUT2D eigenvalue weighted by molar-refractivity contribution is -0.0506. The van der Waals surface area contributed by atoms with Gasteiger partial charge in [0.15, 0.2) is 0 Å². The summed E-state index contributed by atoms with van der Waals surface area (Å²) >= 11 is 5.79. The van der Waals surface area contributed by atoms with Gasteiger partial charge in [-0.2, -0.15) is 4.31 Å². The standard InChI is InChI=1S/C13H15ClN2O3S/c14-11-1-3-12(4-2-11)20(17,18)16-9-6-13(7-10-16)5-8-15-19-13/h1-4,8H,5-7,9-10H2. The Labute approximate surface area is 123 Å². The summed E-state index contributed by atoms with van der Waals surface area (Å²) in [6.07, 6.45) is 3.85. The first kappa shape index (κ1) is 13.9. The van der Waals surface area contributed by atoms with E-state index < -0.39 is 10.0 Å². The fraction of sp³-hybridized carbons (Fsp3) is 0.462. The van der Waals surface area contributed by atoms with Crippen LogP contribution in [0.15, 0.2) is 34.3 Å². The van der Waals surface area contributed by atoms with E-state index in [1.807, 2.05) is 0 Å². The summed E-state index contributed by atoms with van der Waals surface area (Å²) in [5.74, 6) is 0. The third-order valence-corrected chi connectivity index (χ3v) is 6.03. The van der Waals surface area contributed by atoms with Gasteiger partial charge in [0.25, 0.3) is 0 Å². The summed E-state index contributed by atoms with van der Waals surface area (Å²) < 4.78 is 26.5. The van der Waals surface area contributed by atoms with Gasteiger partial charge >= 0.3 is 0 Å². The van der Waals surface area contributed by atoms with Gasteiger partial charge in [-0.25, -0.2) is 8.42 Å². The van der Waals surface area contributed by atoms with Gasteiger partial charge in [0, 0.05) is 43.6 Å². The predicted molar refractivity (Wildman–Crippen MR) is 76.4 cm³/mol. The lowest BCUT2D eigenvalue weighted by Crippen LogP contribution is -2.46. The second-order valence-corrected chi connectivity index (χ2v) is 7.50. The van der Waals surface area contributed by atoms with Gasteiger partial charge < -0.3 is 4.84 Å². The van der Waals surface area contributed by atoms with Crippen molar-refractivity contribution in [2.75, 3.05) is 13.1 Å². The van der Waals surface area contributed by atoms with E-state index in [9.17, 15) is 8.42 Å². The fourth-order valence-electron chi connectivity index (χ4n) is 2.58. The zero-order chi connectivity index (χ0) is 14.2. The summed E-state index contributed by atoms with van der Waals surface area (Å²) in [5, 5.41) is 4.33. The quantitative estimate of drug-likeness (QED) is 0.841. The molecule has 0 bridgehead atoms. The SMILES string of the molecule is O=S(=O)(c1ccc(Cl)cc1)N1CCC2(CC=NO2)CC1. The molecule has 2 aliphatic heterocycles. The van der Waals surface area contributed by atoms with Crippen LogP contribution in [0.1, 0.15) is 19.3 Å². The first-order valence-electron chi connectivity index (χ1n) is 6.48. The zero-order valence-corrected chi connectivity index (χ0v) is 12.4. The Kier molecular flexibility index (Phi) is 3.48. The van der Waals surface area contributed by atoms with Crippen LogP contribution in [0, 0.1) is 0 Å². The minimum absolute atomic E-state index is 0.279. The Bertz CT molecular complexity index is 610. The van der Waals surface area contributed by atoms with E-state index in [0.717, 1.165) is 6.42 Å². The van der Waals surface area contributed by atoms with Gasteiger partial charge in [0.2, 0.25) is 10.0 Å². The average molecular weight is 315 g/mol. The molecule has 1 spiro atoms. The Morgan fingerprint density at radius 3 is 2.40 bits per heavy atom. The van der Waals surface area contributed by atoms with Crippen molar-refractivity contribution in [1.29, 1.82) is 0 Å². The molecule has 20 heavy (non-hydrogen) atoms. The third-order valence-electron chi connectivity index (χ3n) is 3.87. The van der Waals surface area contributed by atoms with Crippen LogP contribution >= 0.6 is 11.6 Å². The van der Waals surface area contributed by atoms with Crippen molar-refractivity contribution in [1.82, 2.24) is 4.31 Å². The van der Waals surface area contributed by atoms with Crippen molar-refractivity contribution in [2.24, 2.45) is 5.16 Å². The summed E-state index contributed by atoms with van der Waals surface area (Å²) in [7, 11) is -3.45. The Morgan fingerprint density at radius 1 is 1.20 bits per heavy atom. The maximum absolute atomic E-state index is 12.5. The van der Waals surface area contributed by atoms with Gasteiger partial charge in [-0.15, -0.1) is 0 Å². The topological polar surface area (TPSA) is 59.0 Å². The molecule has 0 aliphatic carbocycles. The number of benzene rings is 1. The minimum atomic E-state index is -3.45. The molecule has 1 aromatic carbocycles. The molecule has 1 aromatic rings. The Balaban J connectivity index is 1.75. The molecule has 1 fully saturated rings. The highest BCUT2D eigenvalue weighted by molar-refractivity contribution is 7.89. The summed E-state index contributed by atoms with van der Waals surface area (Å²) in [4.78, 5) is 5.67. The van der Waals surface area contributed by atoms with Crippen LogP contribution in [0.2, 0.25) is 5.02 Å². The smallest absolute Gasteiger partial charge is 0.243 e. The number of sulfonamides is 1. The van der Waals surface area contributed by atoms with Gasteiger partial charge in [0.05, 0.1) is 4.90 Å². The van der Waals surface area contributed by atoms with Crippen molar-refractivity contribution >= 4 is 27.8 Å². The normalized spacial score (nSPS) is 22.1. The number of halogens is 1. The van der Waals surface area contributed by atoms with E-state index in [1.54, 1.807) is 18.3 Å². The highest BCUT2D eigenvalue weighted by Gasteiger charge is 2.41. The zero-order valence-electron chi connectivity index (χ0n) is 10.8. The van der Waals surface area contributed by atoms with Crippen molar-refractivity contribution in [3.8, 4) is 0 Å². The van der Waals surface area contributed by atoms with Crippen molar-refractivity contribution in [3.63, 3.8) is 0 Å². The molecule has 0 aromatic heterocycles. The number of hydrogen-bond donors (Lipinski definition) is 0. The summed E-state index contributed by atoms with van der Waals surface area (Å²) in [6.45, 7) is 0.905. The molecule has 2 heterocycles. The second kappa shape index (κ2) is 5.02. The number of nitrogens with zero attached hydrogens (tertiary/aromatic N) is 2. The third kappa shape index (κ3) is 2.43. The van der Waals surface area contributed by atoms with E-state index >= 15 is 0 Å². The predicted octanol–water partition coefficient (Wildman–Crippen LogP) is 2.27. The van der Waals surface area contributed by atoms with Crippen LogP contribution in [0.25, 0.3) is 0 Å². The van der Waals surface area contributed by atoms with Gasteiger partial charge in [0.1, 0.15) is 5.60 Å². The first-order valence-corrected chi connectivity index (χ1v) is 8.29. The molecule has 2 aliphatic rings. The average Bonchev–Trinajstić information content (AvgIpc) is 2.88. The molecule has 7 heteroatoms. The highest BCUT2D eigenvalue weighted by Crippen LogP contribution is 2.34. The van der Waals surface area contributed by atoms with E-state index in [2.05, 4.69) is 5.16 Å². The largest absolute Gasteiger partial charge is 0.389 e. The van der Waals surface area contributed by atoms with Gasteiger partial charge in [-0.3, -0.25) is 0 Å². The van der Waals surface area contributed by atoms with Crippen LogP contribution in [0.4, 0.5) is 0 Å². The molecule has 3 rings (SSSR count). The minimum Gasteiger partial charge on any atom is -0.389 e. The Hall–Kier alpha value is -1.11. The van der Waals surface area contributed by atoms with Crippen molar-refractivity contribution in [3.05, 3.63) is 29.3 Å². The molecular formula is C13H15ClN2O3S. The highest BCUT2D eigenvalue weighted by atomic mass is 35.5. The first-order chi connectivity index (χ1) is 9.52. The molecule has 5 nitrogen and oxygen atoms in total. The molecular weight excluding hydrogens is 300 g/mol. The number of piperidine rings is 1. The second-order valence-electron chi connectivity index (χ2n) is 5.12. The van der Waals surface area contributed by atoms with Crippen molar-refractivity contribution in [2.45, 2.75) is 29.8 Å². The molecule has 108 valence electrons. The summed E-state index contributed by atoms with van der Waals surface area (Å²) in [6, 6.07) is 6.26. The van der Waals surface area contributed by atoms with E-state index in [0.29, 0.717) is 31.0 Å². The van der Waals surface area contributed by atoms with E-state index in [-0.39, 0.29) is 10.5 Å². The van der Waals surface area contributed by atoms with Crippen LogP contribution in [0.3, 0.4) is 0 Å². The monoisotopic (exact) mass is 314 g/mol. The Morgan fingerprint density at radius 2 is 1.85 bits per heavy atom. The number of hydrogen-bond acceptors (Lipinski definition) is 4. The van der Waals surface area contributed by atoms with E-state index in [1.165, 1.54) is 16.4 Å². The number of oxime groups is 1. The molecule has 0 atom stereocenters. The van der Waals surface area contributed by atoms with Gasteiger partial charge in [-0.1, -0.05) is 16.8 Å². The van der Waals surface area contributed by atoms with Crippen LogP contribution < -0.4 is 0 Å². The fourth-order valence-corrected chi connectivity index (χ4v) is 4.14. The maximum atomic E-state index is 12.5. The molecule has 0 unspecified atom stereocenters. The molecule has 0 saturated carbocycles. The lowest BCUT2D eigenvalue weighted by Gasteiger charge is -2.36. The van der Waals surface area contributed by atoms with Crippen LogP contribution in [0.5, 0.6) is 0 Å². The van der Waals surface area contributed by atoms with Crippen LogP contribution in [-0.2, 0) is 14.9 Å². The molecule has 0 radical (unpaired) electrons. The van der Waals surface area contributed by atoms with Crippen LogP contribution in [-0.4, -0.2) is 37.6 Å². The molecule has 1 saturated heterocycles. The molecule has 0 amide bonds. The lowest BCUT2D eigenvalue weighted by atomic mass is 9.90. The number of rotatable bonds is 2. The van der Waals surface area contributed by atoms with E-state index in [4.69, 9.17) is 16.4 Å². The van der Waals surface area contributed by atoms with Crippen molar-refractivity contribution < 1.29 is 13.3 Å². The molecule has 0 N–H and O–H groups in total. The maximum Gasteiger partial charge on any atom is 0.243 e.